The Labute approximate surface area is 157 Å². The van der Waals surface area contributed by atoms with Gasteiger partial charge in [-0.1, -0.05) is 38.1 Å². The third-order valence-corrected chi connectivity index (χ3v) is 8.36. The van der Waals surface area contributed by atoms with Crippen molar-refractivity contribution in [2.75, 3.05) is 5.73 Å². The van der Waals surface area contributed by atoms with Gasteiger partial charge in [-0.3, -0.25) is 0 Å². The molecule has 0 aromatic heterocycles. The Morgan fingerprint density at radius 1 is 0.769 bits per heavy atom. The van der Waals surface area contributed by atoms with E-state index in [9.17, 15) is 0 Å². The predicted octanol–water partition coefficient (Wildman–Crippen LogP) is 6.04. The fourth-order valence-electron chi connectivity index (χ4n) is 7.66. The van der Waals surface area contributed by atoms with E-state index in [2.05, 4.69) is 50.2 Å². The van der Waals surface area contributed by atoms with Crippen molar-refractivity contribution in [2.45, 2.75) is 63.2 Å². The van der Waals surface area contributed by atoms with Gasteiger partial charge < -0.3 is 5.73 Å². The van der Waals surface area contributed by atoms with Gasteiger partial charge in [-0.25, -0.2) is 0 Å². The van der Waals surface area contributed by atoms with Gasteiger partial charge in [-0.2, -0.15) is 0 Å². The lowest BCUT2D eigenvalue weighted by atomic mass is 9.48. The highest BCUT2D eigenvalue weighted by Crippen LogP contribution is 2.62. The van der Waals surface area contributed by atoms with E-state index in [0.29, 0.717) is 5.41 Å². The summed E-state index contributed by atoms with van der Waals surface area (Å²) in [4.78, 5) is 0. The number of hydrogen-bond donors (Lipinski definition) is 1. The Balaban J connectivity index is 1.55. The first-order valence-corrected chi connectivity index (χ1v) is 10.5. The van der Waals surface area contributed by atoms with E-state index in [1.807, 2.05) is 0 Å². The van der Waals surface area contributed by atoms with E-state index < -0.39 is 0 Å². The molecule has 4 saturated carbocycles. The molecule has 5 aliphatic carbocycles. The summed E-state index contributed by atoms with van der Waals surface area (Å²) in [5.74, 6) is 2.87. The summed E-state index contributed by atoms with van der Waals surface area (Å²) in [5, 5.41) is 0. The normalized spacial score (nSPS) is 35.4. The molecule has 0 saturated heterocycles. The molecule has 134 valence electrons. The zero-order valence-electron chi connectivity index (χ0n) is 16.0. The van der Waals surface area contributed by atoms with Crippen LogP contribution in [0.25, 0.3) is 11.1 Å². The van der Waals surface area contributed by atoms with Crippen molar-refractivity contribution in [1.29, 1.82) is 0 Å². The minimum absolute atomic E-state index is 0.0556. The molecular weight excluding hydrogens is 314 g/mol. The van der Waals surface area contributed by atoms with Gasteiger partial charge in [0.25, 0.3) is 0 Å². The summed E-state index contributed by atoms with van der Waals surface area (Å²) >= 11 is 0. The molecule has 0 amide bonds. The third kappa shape index (κ3) is 1.82. The van der Waals surface area contributed by atoms with E-state index in [1.54, 1.807) is 0 Å². The Bertz CT molecular complexity index is 884. The molecule has 0 aliphatic heterocycles. The summed E-state index contributed by atoms with van der Waals surface area (Å²) in [7, 11) is 0. The van der Waals surface area contributed by atoms with Crippen LogP contribution < -0.4 is 5.73 Å². The molecule has 0 unspecified atom stereocenters. The molecule has 4 bridgehead atoms. The van der Waals surface area contributed by atoms with Crippen LogP contribution in [0, 0.1) is 17.8 Å². The average Bonchev–Trinajstić information content (AvgIpc) is 2.81. The van der Waals surface area contributed by atoms with Gasteiger partial charge in [-0.05, 0) is 102 Å². The Hall–Kier alpha value is -1.76. The third-order valence-electron chi connectivity index (χ3n) is 8.36. The smallest absolute Gasteiger partial charge is 0.0355 e. The van der Waals surface area contributed by atoms with Gasteiger partial charge in [0.05, 0.1) is 0 Å². The maximum atomic E-state index is 6.77. The largest absolute Gasteiger partial charge is 0.398 e. The first-order valence-electron chi connectivity index (χ1n) is 10.5. The number of hydrogen-bond acceptors (Lipinski definition) is 1. The van der Waals surface area contributed by atoms with Crippen LogP contribution in [0.4, 0.5) is 5.69 Å². The lowest BCUT2D eigenvalue weighted by Gasteiger charge is -2.57. The van der Waals surface area contributed by atoms with E-state index in [4.69, 9.17) is 5.73 Å². The van der Waals surface area contributed by atoms with E-state index in [1.165, 1.54) is 66.3 Å². The van der Waals surface area contributed by atoms with Gasteiger partial charge in [0.1, 0.15) is 0 Å². The van der Waals surface area contributed by atoms with E-state index in [-0.39, 0.29) is 5.41 Å². The quantitative estimate of drug-likeness (QED) is 0.627. The number of fused-ring (bicyclic) bond motifs is 3. The minimum atomic E-state index is 0.0556. The fraction of sp³-hybridized carbons (Fsp3) is 0.520. The van der Waals surface area contributed by atoms with Crippen LogP contribution >= 0.6 is 0 Å². The Morgan fingerprint density at radius 3 is 2.04 bits per heavy atom. The first kappa shape index (κ1) is 15.3. The molecule has 26 heavy (non-hydrogen) atoms. The van der Waals surface area contributed by atoms with Gasteiger partial charge in [0.15, 0.2) is 0 Å². The van der Waals surface area contributed by atoms with Gasteiger partial charge in [0, 0.05) is 11.1 Å². The van der Waals surface area contributed by atoms with Crippen LogP contribution in [-0.2, 0) is 10.8 Å². The number of nitrogen functional groups attached to an aromatic ring is 1. The molecule has 2 aromatic carbocycles. The number of rotatable bonds is 1. The van der Waals surface area contributed by atoms with Crippen molar-refractivity contribution in [2.24, 2.45) is 17.8 Å². The molecule has 5 aliphatic rings. The lowest BCUT2D eigenvalue weighted by Crippen LogP contribution is -2.48. The predicted molar refractivity (Wildman–Crippen MR) is 108 cm³/mol. The summed E-state index contributed by atoms with van der Waals surface area (Å²) in [6.45, 7) is 4.70. The van der Waals surface area contributed by atoms with Crippen molar-refractivity contribution in [3.63, 3.8) is 0 Å². The standard InChI is InChI=1S/C25H29N/c1-24(2)20-6-4-3-5-18(20)19-10-22(23(26)11-21(19)24)25-12-15-7-16(13-25)9-17(8-15)14-25/h3-6,10-11,15-17H,7-9,12-14,26H2,1-2H3. The molecule has 2 aromatic rings. The maximum absolute atomic E-state index is 6.77. The fourth-order valence-corrected chi connectivity index (χ4v) is 7.66. The zero-order valence-corrected chi connectivity index (χ0v) is 16.0. The monoisotopic (exact) mass is 343 g/mol. The van der Waals surface area contributed by atoms with Gasteiger partial charge in [0.2, 0.25) is 0 Å². The van der Waals surface area contributed by atoms with Crippen LogP contribution in [0.5, 0.6) is 0 Å². The van der Waals surface area contributed by atoms with Crippen molar-refractivity contribution in [1.82, 2.24) is 0 Å². The lowest BCUT2D eigenvalue weighted by molar-refractivity contribution is -0.00482. The van der Waals surface area contributed by atoms with Crippen LogP contribution in [0.15, 0.2) is 36.4 Å². The Kier molecular flexibility index (Phi) is 2.79. The average molecular weight is 344 g/mol. The van der Waals surface area contributed by atoms with Crippen LogP contribution in [0.3, 0.4) is 0 Å². The summed E-state index contributed by atoms with van der Waals surface area (Å²) in [6.07, 6.45) is 8.60. The second-order valence-electron chi connectivity index (χ2n) is 10.4. The highest BCUT2D eigenvalue weighted by Gasteiger charge is 2.52. The molecule has 0 radical (unpaired) electrons. The van der Waals surface area contributed by atoms with Crippen molar-refractivity contribution in [3.05, 3.63) is 53.1 Å². The van der Waals surface area contributed by atoms with E-state index >= 15 is 0 Å². The zero-order chi connectivity index (χ0) is 17.7. The first-order chi connectivity index (χ1) is 12.5. The molecule has 2 N–H and O–H groups in total. The summed E-state index contributed by atoms with van der Waals surface area (Å²) in [5.41, 5.74) is 15.5. The second-order valence-corrected chi connectivity index (χ2v) is 10.4. The summed E-state index contributed by atoms with van der Waals surface area (Å²) < 4.78 is 0. The highest BCUT2D eigenvalue weighted by molar-refractivity contribution is 5.83. The number of anilines is 1. The molecule has 1 heteroatoms. The van der Waals surface area contributed by atoms with Crippen molar-refractivity contribution < 1.29 is 0 Å². The number of nitrogens with two attached hydrogens (primary N) is 1. The van der Waals surface area contributed by atoms with E-state index in [0.717, 1.165) is 23.4 Å². The molecule has 7 rings (SSSR count). The molecular formula is C25H29N. The maximum Gasteiger partial charge on any atom is 0.0355 e. The molecule has 1 nitrogen and oxygen atoms in total. The van der Waals surface area contributed by atoms with Gasteiger partial charge >= 0.3 is 0 Å². The number of benzene rings is 2. The molecule has 0 heterocycles. The van der Waals surface area contributed by atoms with Gasteiger partial charge in [-0.15, -0.1) is 0 Å². The molecule has 0 spiro atoms. The topological polar surface area (TPSA) is 26.0 Å². The highest BCUT2D eigenvalue weighted by atomic mass is 14.6. The second kappa shape index (κ2) is 4.74. The van der Waals surface area contributed by atoms with Crippen LogP contribution in [0.1, 0.15) is 69.1 Å². The van der Waals surface area contributed by atoms with Crippen LogP contribution in [0.2, 0.25) is 0 Å². The Morgan fingerprint density at radius 2 is 1.38 bits per heavy atom. The van der Waals surface area contributed by atoms with Crippen molar-refractivity contribution in [3.8, 4) is 11.1 Å². The van der Waals surface area contributed by atoms with Crippen molar-refractivity contribution >= 4 is 5.69 Å². The van der Waals surface area contributed by atoms with Crippen LogP contribution in [-0.4, -0.2) is 0 Å². The minimum Gasteiger partial charge on any atom is -0.398 e. The summed E-state index contributed by atoms with van der Waals surface area (Å²) in [6, 6.07) is 13.8. The molecule has 0 atom stereocenters. The SMILES string of the molecule is CC1(C)c2ccccc2-c2cc(C34CC5CC(CC(C5)C3)C4)c(N)cc21. The molecule has 4 fully saturated rings.